The molecule has 0 spiro atoms. The van der Waals surface area contributed by atoms with E-state index in [9.17, 15) is 4.79 Å². The smallest absolute Gasteiger partial charge is 0.307 e. The Morgan fingerprint density at radius 1 is 1.45 bits per heavy atom. The molecule has 0 aliphatic heterocycles. The minimum Gasteiger partial charge on any atom is -0.469 e. The maximum atomic E-state index is 11.1. The molecule has 0 saturated heterocycles. The highest BCUT2D eigenvalue weighted by Gasteiger charge is 2.07. The SMILES string of the molecule is CCNC(=NCc1cc(C(C)C)no1)NCCC(=O)OC.I. The second-order valence-corrected chi connectivity index (χ2v) is 4.82. The molecule has 8 heteroatoms. The normalized spacial score (nSPS) is 11.0. The van der Waals surface area contributed by atoms with Crippen LogP contribution in [0.1, 0.15) is 44.6 Å². The number of halogens is 1. The molecule has 0 bridgehead atoms. The number of aromatic nitrogens is 1. The van der Waals surface area contributed by atoms with Crippen LogP contribution < -0.4 is 10.6 Å². The van der Waals surface area contributed by atoms with E-state index < -0.39 is 0 Å². The summed E-state index contributed by atoms with van der Waals surface area (Å²) in [4.78, 5) is 15.4. The number of carbonyl (C=O) groups excluding carboxylic acids is 1. The molecule has 126 valence electrons. The summed E-state index contributed by atoms with van der Waals surface area (Å²) in [6.07, 6.45) is 0.292. The maximum Gasteiger partial charge on any atom is 0.307 e. The zero-order valence-electron chi connectivity index (χ0n) is 13.5. The van der Waals surface area contributed by atoms with Gasteiger partial charge >= 0.3 is 5.97 Å². The molecule has 22 heavy (non-hydrogen) atoms. The first kappa shape index (κ1) is 20.7. The number of esters is 1. The molecular weight excluding hydrogens is 399 g/mol. The summed E-state index contributed by atoms with van der Waals surface area (Å²) in [5.74, 6) is 1.42. The lowest BCUT2D eigenvalue weighted by Gasteiger charge is -2.10. The summed E-state index contributed by atoms with van der Waals surface area (Å²) in [6, 6.07) is 1.91. The van der Waals surface area contributed by atoms with Crippen LogP contribution in [0.3, 0.4) is 0 Å². The van der Waals surface area contributed by atoms with Crippen LogP contribution in [0.15, 0.2) is 15.6 Å². The summed E-state index contributed by atoms with van der Waals surface area (Å²) < 4.78 is 9.81. The third kappa shape index (κ3) is 7.62. The highest BCUT2D eigenvalue weighted by Crippen LogP contribution is 2.14. The first-order valence-electron chi connectivity index (χ1n) is 7.11. The molecular formula is C14H25IN4O3. The molecule has 0 amide bonds. The largest absolute Gasteiger partial charge is 0.469 e. The molecule has 2 N–H and O–H groups in total. The van der Waals surface area contributed by atoms with Gasteiger partial charge in [-0.3, -0.25) is 4.79 Å². The van der Waals surface area contributed by atoms with Crippen LogP contribution in [-0.4, -0.2) is 37.3 Å². The standard InChI is InChI=1S/C14H24N4O3.HI/c1-5-15-14(16-7-6-13(19)20-4)17-9-11-8-12(10(2)3)18-21-11;/h8,10H,5-7,9H2,1-4H3,(H2,15,16,17);1H. The van der Waals surface area contributed by atoms with Gasteiger partial charge < -0.3 is 19.9 Å². The monoisotopic (exact) mass is 424 g/mol. The van der Waals surface area contributed by atoms with Crippen LogP contribution >= 0.6 is 24.0 Å². The zero-order chi connectivity index (χ0) is 15.7. The highest BCUT2D eigenvalue weighted by atomic mass is 127. The molecule has 1 aromatic rings. The molecule has 0 aromatic carbocycles. The predicted molar refractivity (Wildman–Crippen MR) is 95.5 cm³/mol. The lowest BCUT2D eigenvalue weighted by molar-refractivity contribution is -0.140. The third-order valence-electron chi connectivity index (χ3n) is 2.76. The van der Waals surface area contributed by atoms with E-state index in [2.05, 4.69) is 39.4 Å². The van der Waals surface area contributed by atoms with Crippen molar-refractivity contribution in [1.29, 1.82) is 0 Å². The number of rotatable bonds is 7. The molecule has 1 aromatic heterocycles. The van der Waals surface area contributed by atoms with Crippen molar-refractivity contribution >= 4 is 35.9 Å². The first-order chi connectivity index (χ1) is 10.1. The molecule has 0 radical (unpaired) electrons. The Morgan fingerprint density at radius 2 is 2.18 bits per heavy atom. The maximum absolute atomic E-state index is 11.1. The number of aliphatic imine (C=N–C) groups is 1. The van der Waals surface area contributed by atoms with E-state index in [4.69, 9.17) is 4.52 Å². The topological polar surface area (TPSA) is 88.8 Å². The number of hydrogen-bond donors (Lipinski definition) is 2. The van der Waals surface area contributed by atoms with Crippen LogP contribution in [0.4, 0.5) is 0 Å². The minimum absolute atomic E-state index is 0. The van der Waals surface area contributed by atoms with Crippen LogP contribution in [-0.2, 0) is 16.1 Å². The van der Waals surface area contributed by atoms with E-state index in [1.54, 1.807) is 0 Å². The summed E-state index contributed by atoms with van der Waals surface area (Å²) >= 11 is 0. The van der Waals surface area contributed by atoms with Gasteiger partial charge in [0.1, 0.15) is 6.54 Å². The van der Waals surface area contributed by atoms with E-state index in [-0.39, 0.29) is 29.9 Å². The van der Waals surface area contributed by atoms with Gasteiger partial charge in [0, 0.05) is 19.2 Å². The third-order valence-corrected chi connectivity index (χ3v) is 2.76. The van der Waals surface area contributed by atoms with E-state index in [0.29, 0.717) is 37.1 Å². The first-order valence-corrected chi connectivity index (χ1v) is 7.11. The van der Waals surface area contributed by atoms with Crippen molar-refractivity contribution in [1.82, 2.24) is 15.8 Å². The number of ether oxygens (including phenoxy) is 1. The molecule has 0 unspecified atom stereocenters. The molecule has 1 heterocycles. The van der Waals surface area contributed by atoms with Gasteiger partial charge in [-0.2, -0.15) is 0 Å². The van der Waals surface area contributed by atoms with E-state index in [1.165, 1.54) is 7.11 Å². The number of nitrogens with one attached hydrogen (secondary N) is 2. The fraction of sp³-hybridized carbons (Fsp3) is 0.643. The van der Waals surface area contributed by atoms with Crippen molar-refractivity contribution in [2.75, 3.05) is 20.2 Å². The zero-order valence-corrected chi connectivity index (χ0v) is 15.8. The molecule has 7 nitrogen and oxygen atoms in total. The Hall–Kier alpha value is -1.32. The summed E-state index contributed by atoms with van der Waals surface area (Å²) in [5, 5.41) is 10.2. The second kappa shape index (κ2) is 11.3. The number of carbonyl (C=O) groups is 1. The van der Waals surface area contributed by atoms with Crippen molar-refractivity contribution in [3.63, 3.8) is 0 Å². The summed E-state index contributed by atoms with van der Waals surface area (Å²) in [5.41, 5.74) is 0.920. The summed E-state index contributed by atoms with van der Waals surface area (Å²) in [6.45, 7) is 7.69. The predicted octanol–water partition coefficient (Wildman–Crippen LogP) is 2.03. The fourth-order valence-corrected chi connectivity index (χ4v) is 1.56. The summed E-state index contributed by atoms with van der Waals surface area (Å²) in [7, 11) is 1.37. The van der Waals surface area contributed by atoms with E-state index in [0.717, 1.165) is 12.2 Å². The van der Waals surface area contributed by atoms with E-state index in [1.807, 2.05) is 13.0 Å². The van der Waals surface area contributed by atoms with Gasteiger partial charge in [-0.15, -0.1) is 24.0 Å². The molecule has 1 rings (SSSR count). The van der Waals surface area contributed by atoms with E-state index >= 15 is 0 Å². The number of methoxy groups -OCH3 is 1. The second-order valence-electron chi connectivity index (χ2n) is 4.82. The van der Waals surface area contributed by atoms with Crippen molar-refractivity contribution < 1.29 is 14.1 Å². The number of nitrogens with zero attached hydrogens (tertiary/aromatic N) is 2. The Morgan fingerprint density at radius 3 is 2.73 bits per heavy atom. The lowest BCUT2D eigenvalue weighted by Crippen LogP contribution is -2.38. The van der Waals surface area contributed by atoms with Crippen LogP contribution in [0, 0.1) is 0 Å². The van der Waals surface area contributed by atoms with Gasteiger partial charge in [-0.25, -0.2) is 4.99 Å². The van der Waals surface area contributed by atoms with Gasteiger partial charge in [-0.05, 0) is 12.8 Å². The van der Waals surface area contributed by atoms with Gasteiger partial charge in [0.25, 0.3) is 0 Å². The number of hydrogen-bond acceptors (Lipinski definition) is 5. The van der Waals surface area contributed by atoms with Crippen molar-refractivity contribution in [3.8, 4) is 0 Å². The van der Waals surface area contributed by atoms with Gasteiger partial charge in [-0.1, -0.05) is 19.0 Å². The van der Waals surface area contributed by atoms with Crippen LogP contribution in [0.2, 0.25) is 0 Å². The van der Waals surface area contributed by atoms with Crippen molar-refractivity contribution in [3.05, 3.63) is 17.5 Å². The van der Waals surface area contributed by atoms with Gasteiger partial charge in [0.15, 0.2) is 11.7 Å². The Labute approximate surface area is 148 Å². The van der Waals surface area contributed by atoms with Crippen molar-refractivity contribution in [2.45, 2.75) is 39.7 Å². The molecule has 0 fully saturated rings. The fourth-order valence-electron chi connectivity index (χ4n) is 1.56. The Bertz CT molecular complexity index is 474. The molecule has 0 atom stereocenters. The van der Waals surface area contributed by atoms with Crippen molar-refractivity contribution in [2.24, 2.45) is 4.99 Å². The van der Waals surface area contributed by atoms with Gasteiger partial charge in [0.05, 0.1) is 19.2 Å². The quantitative estimate of drug-likeness (QED) is 0.302. The highest BCUT2D eigenvalue weighted by molar-refractivity contribution is 14.0. The van der Waals surface area contributed by atoms with Crippen LogP contribution in [0.25, 0.3) is 0 Å². The molecule has 0 aliphatic carbocycles. The minimum atomic E-state index is -0.254. The molecule has 0 saturated carbocycles. The number of guanidine groups is 1. The Kier molecular flexibility index (Phi) is 10.6. The Balaban J connectivity index is 0.00000441. The van der Waals surface area contributed by atoms with Crippen LogP contribution in [0.5, 0.6) is 0 Å². The average Bonchev–Trinajstić information content (AvgIpc) is 2.93. The van der Waals surface area contributed by atoms with Gasteiger partial charge in [0.2, 0.25) is 0 Å². The lowest BCUT2D eigenvalue weighted by atomic mass is 10.1. The average molecular weight is 424 g/mol. The molecule has 0 aliphatic rings.